The number of aliphatic hydroxyl groups is 1. The Morgan fingerprint density at radius 2 is 2.15 bits per heavy atom. The van der Waals surface area contributed by atoms with Gasteiger partial charge in [0, 0.05) is 6.54 Å². The molecular formula is C16H25NO3. The molecule has 0 radical (unpaired) electrons. The molecule has 1 aliphatic carbocycles. The zero-order valence-electron chi connectivity index (χ0n) is 12.4. The molecule has 2 unspecified atom stereocenters. The molecule has 0 amide bonds. The van der Waals surface area contributed by atoms with Crippen LogP contribution in [0.15, 0.2) is 18.2 Å². The van der Waals surface area contributed by atoms with Gasteiger partial charge in [-0.25, -0.2) is 0 Å². The topological polar surface area (TPSA) is 50.7 Å². The molecule has 0 spiro atoms. The van der Waals surface area contributed by atoms with Crippen molar-refractivity contribution in [1.82, 2.24) is 5.32 Å². The maximum absolute atomic E-state index is 9.51. The zero-order chi connectivity index (χ0) is 14.4. The second kappa shape index (κ2) is 7.50. The van der Waals surface area contributed by atoms with Crippen LogP contribution >= 0.6 is 0 Å². The van der Waals surface area contributed by atoms with E-state index in [1.165, 1.54) is 5.56 Å². The van der Waals surface area contributed by atoms with Gasteiger partial charge in [-0.3, -0.25) is 0 Å². The third-order valence-electron chi connectivity index (χ3n) is 3.80. The highest BCUT2D eigenvalue weighted by molar-refractivity contribution is 5.42. The van der Waals surface area contributed by atoms with Crippen molar-refractivity contribution in [2.75, 3.05) is 20.3 Å². The fourth-order valence-corrected chi connectivity index (χ4v) is 2.75. The molecular weight excluding hydrogens is 254 g/mol. The van der Waals surface area contributed by atoms with E-state index in [1.54, 1.807) is 7.11 Å². The zero-order valence-corrected chi connectivity index (χ0v) is 12.4. The quantitative estimate of drug-likeness (QED) is 0.804. The molecule has 0 aromatic heterocycles. The second-order valence-electron chi connectivity index (χ2n) is 5.38. The Labute approximate surface area is 121 Å². The largest absolute Gasteiger partial charge is 0.493 e. The van der Waals surface area contributed by atoms with E-state index >= 15 is 0 Å². The van der Waals surface area contributed by atoms with Gasteiger partial charge in [0.05, 0.1) is 19.8 Å². The first kappa shape index (κ1) is 15.1. The van der Waals surface area contributed by atoms with Crippen molar-refractivity contribution in [2.24, 2.45) is 5.92 Å². The van der Waals surface area contributed by atoms with Crippen molar-refractivity contribution in [1.29, 1.82) is 0 Å². The molecule has 2 rings (SSSR count). The van der Waals surface area contributed by atoms with Gasteiger partial charge in [0.25, 0.3) is 0 Å². The Morgan fingerprint density at radius 1 is 1.30 bits per heavy atom. The van der Waals surface area contributed by atoms with Gasteiger partial charge >= 0.3 is 0 Å². The summed E-state index contributed by atoms with van der Waals surface area (Å²) < 4.78 is 10.9. The summed E-state index contributed by atoms with van der Waals surface area (Å²) >= 11 is 0. The molecule has 112 valence electrons. The molecule has 2 atom stereocenters. The van der Waals surface area contributed by atoms with E-state index in [1.807, 2.05) is 19.1 Å². The minimum atomic E-state index is -0.0904. The van der Waals surface area contributed by atoms with Crippen LogP contribution in [-0.4, -0.2) is 31.5 Å². The molecule has 0 bridgehead atoms. The average molecular weight is 279 g/mol. The molecule has 1 aromatic rings. The van der Waals surface area contributed by atoms with Crippen molar-refractivity contribution in [3.8, 4) is 11.5 Å². The summed E-state index contributed by atoms with van der Waals surface area (Å²) in [6, 6.07) is 6.03. The van der Waals surface area contributed by atoms with Crippen LogP contribution in [0.5, 0.6) is 11.5 Å². The monoisotopic (exact) mass is 279 g/mol. The van der Waals surface area contributed by atoms with Crippen LogP contribution in [-0.2, 0) is 6.54 Å². The van der Waals surface area contributed by atoms with Crippen LogP contribution in [0.25, 0.3) is 0 Å². The highest BCUT2D eigenvalue weighted by Gasteiger charge is 2.22. The Bertz CT molecular complexity index is 422. The second-order valence-corrected chi connectivity index (χ2v) is 5.38. The molecule has 4 nitrogen and oxygen atoms in total. The van der Waals surface area contributed by atoms with Crippen molar-refractivity contribution in [3.05, 3.63) is 23.8 Å². The first-order valence-corrected chi connectivity index (χ1v) is 7.41. The normalized spacial score (nSPS) is 21.9. The van der Waals surface area contributed by atoms with Crippen molar-refractivity contribution >= 4 is 0 Å². The average Bonchev–Trinajstić information content (AvgIpc) is 2.86. The van der Waals surface area contributed by atoms with E-state index in [9.17, 15) is 5.11 Å². The van der Waals surface area contributed by atoms with Gasteiger partial charge < -0.3 is 19.9 Å². The summed E-state index contributed by atoms with van der Waals surface area (Å²) in [5.41, 5.74) is 1.18. The number of hydrogen-bond donors (Lipinski definition) is 2. The minimum absolute atomic E-state index is 0.0904. The van der Waals surface area contributed by atoms with E-state index in [4.69, 9.17) is 9.47 Å². The summed E-state index contributed by atoms with van der Waals surface area (Å²) in [6.07, 6.45) is 2.91. The summed E-state index contributed by atoms with van der Waals surface area (Å²) in [7, 11) is 1.66. The molecule has 2 N–H and O–H groups in total. The number of aliphatic hydroxyl groups excluding tert-OH is 1. The lowest BCUT2D eigenvalue weighted by atomic mass is 10.1. The Kier molecular flexibility index (Phi) is 5.68. The standard InChI is InChI=1S/C16H25NO3/c1-3-20-15-7-5-13(9-16(15)19-2)11-17-10-12-4-6-14(18)8-12/h5,7,9,12,14,17-18H,3-4,6,8,10-11H2,1-2H3. The first-order chi connectivity index (χ1) is 9.72. The highest BCUT2D eigenvalue weighted by atomic mass is 16.5. The Balaban J connectivity index is 1.83. The molecule has 0 saturated heterocycles. The van der Waals surface area contributed by atoms with Crippen molar-refractivity contribution in [2.45, 2.75) is 38.8 Å². The van der Waals surface area contributed by atoms with Gasteiger partial charge in [0.1, 0.15) is 0 Å². The Morgan fingerprint density at radius 3 is 2.80 bits per heavy atom. The predicted molar refractivity (Wildman–Crippen MR) is 79.2 cm³/mol. The smallest absolute Gasteiger partial charge is 0.161 e. The van der Waals surface area contributed by atoms with Gasteiger partial charge in [0.2, 0.25) is 0 Å². The van der Waals surface area contributed by atoms with Crippen LogP contribution in [0.2, 0.25) is 0 Å². The van der Waals surface area contributed by atoms with Gasteiger partial charge in [-0.1, -0.05) is 6.07 Å². The molecule has 1 aliphatic rings. The fourth-order valence-electron chi connectivity index (χ4n) is 2.75. The fraction of sp³-hybridized carbons (Fsp3) is 0.625. The van der Waals surface area contributed by atoms with Gasteiger partial charge in [-0.15, -0.1) is 0 Å². The van der Waals surface area contributed by atoms with Crippen LogP contribution in [0, 0.1) is 5.92 Å². The summed E-state index contributed by atoms with van der Waals surface area (Å²) in [5.74, 6) is 2.18. The molecule has 1 fully saturated rings. The Hall–Kier alpha value is -1.26. The molecule has 4 heteroatoms. The number of rotatable bonds is 7. The summed E-state index contributed by atoms with van der Waals surface area (Å²) in [4.78, 5) is 0. The third-order valence-corrected chi connectivity index (χ3v) is 3.80. The van der Waals surface area contributed by atoms with Crippen LogP contribution in [0.1, 0.15) is 31.7 Å². The van der Waals surface area contributed by atoms with Gasteiger partial charge in [-0.2, -0.15) is 0 Å². The van der Waals surface area contributed by atoms with E-state index in [-0.39, 0.29) is 6.10 Å². The van der Waals surface area contributed by atoms with E-state index in [0.717, 1.165) is 43.9 Å². The lowest BCUT2D eigenvalue weighted by Gasteiger charge is -2.13. The lowest BCUT2D eigenvalue weighted by molar-refractivity contribution is 0.177. The first-order valence-electron chi connectivity index (χ1n) is 7.41. The van der Waals surface area contributed by atoms with Gasteiger partial charge in [-0.05, 0) is 56.3 Å². The minimum Gasteiger partial charge on any atom is -0.493 e. The van der Waals surface area contributed by atoms with Crippen molar-refractivity contribution < 1.29 is 14.6 Å². The summed E-state index contributed by atoms with van der Waals surface area (Å²) in [5, 5.41) is 13.0. The number of hydrogen-bond acceptors (Lipinski definition) is 4. The van der Waals surface area contributed by atoms with Crippen LogP contribution in [0.4, 0.5) is 0 Å². The molecule has 0 heterocycles. The molecule has 20 heavy (non-hydrogen) atoms. The maximum Gasteiger partial charge on any atom is 0.161 e. The number of ether oxygens (including phenoxy) is 2. The van der Waals surface area contributed by atoms with E-state index in [0.29, 0.717) is 12.5 Å². The van der Waals surface area contributed by atoms with E-state index < -0.39 is 0 Å². The number of benzene rings is 1. The van der Waals surface area contributed by atoms with E-state index in [2.05, 4.69) is 11.4 Å². The summed E-state index contributed by atoms with van der Waals surface area (Å²) in [6.45, 7) is 4.38. The predicted octanol–water partition coefficient (Wildman–Crippen LogP) is 2.34. The molecule has 1 saturated carbocycles. The highest BCUT2D eigenvalue weighted by Crippen LogP contribution is 2.28. The molecule has 1 aromatic carbocycles. The number of nitrogens with one attached hydrogen (secondary N) is 1. The van der Waals surface area contributed by atoms with Crippen molar-refractivity contribution in [3.63, 3.8) is 0 Å². The third kappa shape index (κ3) is 4.12. The van der Waals surface area contributed by atoms with Gasteiger partial charge in [0.15, 0.2) is 11.5 Å². The molecule has 0 aliphatic heterocycles. The maximum atomic E-state index is 9.51. The SMILES string of the molecule is CCOc1ccc(CNCC2CCC(O)C2)cc1OC. The number of methoxy groups -OCH3 is 1. The van der Waals surface area contributed by atoms with Crippen LogP contribution in [0.3, 0.4) is 0 Å². The lowest BCUT2D eigenvalue weighted by Crippen LogP contribution is -2.21. The van der Waals surface area contributed by atoms with Crippen LogP contribution < -0.4 is 14.8 Å².